The van der Waals surface area contributed by atoms with Gasteiger partial charge in [0, 0.05) is 16.4 Å². The lowest BCUT2D eigenvalue weighted by atomic mass is 10.1. The summed E-state index contributed by atoms with van der Waals surface area (Å²) in [6.45, 7) is 4.69. The van der Waals surface area contributed by atoms with E-state index in [0.717, 1.165) is 16.3 Å². The molecule has 0 unspecified atom stereocenters. The Bertz CT molecular complexity index is 619. The molecule has 0 saturated heterocycles. The molecule has 86 valence electrons. The molecule has 2 aromatic rings. The molecule has 1 aliphatic rings. The van der Waals surface area contributed by atoms with E-state index in [-0.39, 0.29) is 0 Å². The first-order chi connectivity index (χ1) is 8.22. The van der Waals surface area contributed by atoms with E-state index in [1.165, 1.54) is 16.5 Å². The summed E-state index contributed by atoms with van der Waals surface area (Å²) >= 11 is 1.64. The van der Waals surface area contributed by atoms with Gasteiger partial charge in [-0.15, -0.1) is 0 Å². The molecular weight excluding hydrogens is 230 g/mol. The fourth-order valence-corrected chi connectivity index (χ4v) is 2.66. The van der Waals surface area contributed by atoms with Gasteiger partial charge in [0.1, 0.15) is 17.4 Å². The standard InChI is InChI=1S/C14H13NOS/c1-9-3-4-13-11(5-9)6-12-7-16-10(2)8-17-14(12)15-13/h3-6,8H,7H2,1-2H3. The van der Waals surface area contributed by atoms with E-state index in [0.29, 0.717) is 6.61 Å². The number of thioether (sulfide) groups is 1. The number of hydrogen-bond donors (Lipinski definition) is 0. The van der Waals surface area contributed by atoms with Crippen LogP contribution in [0.3, 0.4) is 0 Å². The number of ether oxygens (including phenoxy) is 1. The predicted octanol–water partition coefficient (Wildman–Crippen LogP) is 4.03. The van der Waals surface area contributed by atoms with Crippen LogP contribution in [-0.4, -0.2) is 4.98 Å². The van der Waals surface area contributed by atoms with Crippen molar-refractivity contribution in [2.45, 2.75) is 25.5 Å². The fraction of sp³-hybridized carbons (Fsp3) is 0.214. The second-order valence-electron chi connectivity index (χ2n) is 4.28. The van der Waals surface area contributed by atoms with Crippen LogP contribution in [0.5, 0.6) is 0 Å². The van der Waals surface area contributed by atoms with E-state index in [9.17, 15) is 0 Å². The monoisotopic (exact) mass is 243 g/mol. The molecule has 3 rings (SSSR count). The minimum absolute atomic E-state index is 0.613. The Hall–Kier alpha value is -1.48. The van der Waals surface area contributed by atoms with Gasteiger partial charge in [-0.25, -0.2) is 4.98 Å². The second-order valence-corrected chi connectivity index (χ2v) is 5.14. The van der Waals surface area contributed by atoms with Crippen LogP contribution in [-0.2, 0) is 11.3 Å². The van der Waals surface area contributed by atoms with E-state index in [4.69, 9.17) is 4.74 Å². The maximum Gasteiger partial charge on any atom is 0.115 e. The Labute approximate surface area is 105 Å². The third kappa shape index (κ3) is 2.03. The normalized spacial score (nSPS) is 14.8. The van der Waals surface area contributed by atoms with Crippen molar-refractivity contribution in [1.82, 2.24) is 4.98 Å². The molecule has 17 heavy (non-hydrogen) atoms. The SMILES string of the molecule is CC1=CSc2nc3ccc(C)cc3cc2CO1. The van der Waals surface area contributed by atoms with Crippen molar-refractivity contribution in [2.24, 2.45) is 0 Å². The van der Waals surface area contributed by atoms with Gasteiger partial charge < -0.3 is 4.74 Å². The molecule has 0 saturated carbocycles. The number of pyridine rings is 1. The number of fused-ring (bicyclic) bond motifs is 2. The number of benzene rings is 1. The summed E-state index contributed by atoms with van der Waals surface area (Å²) in [4.78, 5) is 4.69. The minimum atomic E-state index is 0.613. The Morgan fingerprint density at radius 1 is 1.24 bits per heavy atom. The predicted molar refractivity (Wildman–Crippen MR) is 70.9 cm³/mol. The van der Waals surface area contributed by atoms with Crippen LogP contribution in [0.15, 0.2) is 40.5 Å². The van der Waals surface area contributed by atoms with Gasteiger partial charge in [-0.05, 0) is 32.0 Å². The highest BCUT2D eigenvalue weighted by Crippen LogP contribution is 2.30. The minimum Gasteiger partial charge on any atom is -0.493 e. The highest BCUT2D eigenvalue weighted by molar-refractivity contribution is 8.02. The highest BCUT2D eigenvalue weighted by atomic mass is 32.2. The molecular formula is C14H13NOS. The molecule has 1 aromatic heterocycles. The Balaban J connectivity index is 2.17. The molecule has 0 radical (unpaired) electrons. The number of rotatable bonds is 0. The third-order valence-corrected chi connectivity index (χ3v) is 3.83. The van der Waals surface area contributed by atoms with E-state index in [1.807, 2.05) is 12.3 Å². The van der Waals surface area contributed by atoms with Crippen molar-refractivity contribution in [1.29, 1.82) is 0 Å². The molecule has 0 N–H and O–H groups in total. The van der Waals surface area contributed by atoms with Crippen LogP contribution in [0.4, 0.5) is 0 Å². The number of hydrogen-bond acceptors (Lipinski definition) is 3. The fourth-order valence-electron chi connectivity index (χ4n) is 1.89. The van der Waals surface area contributed by atoms with Crippen LogP contribution in [0, 0.1) is 6.92 Å². The second kappa shape index (κ2) is 4.08. The number of allylic oxidation sites excluding steroid dienone is 1. The summed E-state index contributed by atoms with van der Waals surface area (Å²) < 4.78 is 5.61. The molecule has 0 fully saturated rings. The zero-order chi connectivity index (χ0) is 11.8. The molecule has 2 nitrogen and oxygen atoms in total. The van der Waals surface area contributed by atoms with Crippen molar-refractivity contribution in [3.63, 3.8) is 0 Å². The number of aryl methyl sites for hydroxylation is 1. The van der Waals surface area contributed by atoms with Gasteiger partial charge in [-0.2, -0.15) is 0 Å². The van der Waals surface area contributed by atoms with E-state index < -0.39 is 0 Å². The molecule has 2 heterocycles. The molecule has 0 amide bonds. The lowest BCUT2D eigenvalue weighted by molar-refractivity contribution is 0.200. The van der Waals surface area contributed by atoms with Gasteiger partial charge in [-0.1, -0.05) is 23.4 Å². The summed E-state index contributed by atoms with van der Waals surface area (Å²) in [5, 5.41) is 4.25. The molecule has 0 atom stereocenters. The largest absolute Gasteiger partial charge is 0.493 e. The van der Waals surface area contributed by atoms with E-state index in [2.05, 4.69) is 36.2 Å². The van der Waals surface area contributed by atoms with Crippen molar-refractivity contribution < 1.29 is 4.74 Å². The first kappa shape index (κ1) is 10.7. The van der Waals surface area contributed by atoms with Crippen LogP contribution in [0.2, 0.25) is 0 Å². The van der Waals surface area contributed by atoms with Crippen LogP contribution >= 0.6 is 11.8 Å². The molecule has 1 aliphatic heterocycles. The summed E-state index contributed by atoms with van der Waals surface area (Å²) in [5.74, 6) is 0.952. The Morgan fingerprint density at radius 2 is 2.12 bits per heavy atom. The molecule has 3 heteroatoms. The van der Waals surface area contributed by atoms with Crippen LogP contribution in [0.1, 0.15) is 18.1 Å². The zero-order valence-corrected chi connectivity index (χ0v) is 10.7. The Kier molecular flexibility index (Phi) is 2.56. The Morgan fingerprint density at radius 3 is 3.00 bits per heavy atom. The summed E-state index contributed by atoms with van der Waals surface area (Å²) in [6, 6.07) is 8.52. The number of aromatic nitrogens is 1. The molecule has 1 aromatic carbocycles. The zero-order valence-electron chi connectivity index (χ0n) is 9.86. The van der Waals surface area contributed by atoms with Crippen molar-refractivity contribution in [3.05, 3.63) is 46.6 Å². The first-order valence-electron chi connectivity index (χ1n) is 5.59. The van der Waals surface area contributed by atoms with Gasteiger partial charge in [0.25, 0.3) is 0 Å². The maximum atomic E-state index is 5.61. The molecule has 0 spiro atoms. The summed E-state index contributed by atoms with van der Waals surface area (Å²) in [7, 11) is 0. The molecule has 0 aliphatic carbocycles. The average molecular weight is 243 g/mol. The van der Waals surface area contributed by atoms with E-state index >= 15 is 0 Å². The van der Waals surface area contributed by atoms with E-state index in [1.54, 1.807) is 11.8 Å². The van der Waals surface area contributed by atoms with Crippen molar-refractivity contribution >= 4 is 22.7 Å². The van der Waals surface area contributed by atoms with Gasteiger partial charge in [0.05, 0.1) is 5.52 Å². The van der Waals surface area contributed by atoms with Gasteiger partial charge in [-0.3, -0.25) is 0 Å². The first-order valence-corrected chi connectivity index (χ1v) is 6.47. The molecule has 0 bridgehead atoms. The lowest BCUT2D eigenvalue weighted by Gasteiger charge is -2.07. The maximum absolute atomic E-state index is 5.61. The quantitative estimate of drug-likeness (QED) is 0.697. The van der Waals surface area contributed by atoms with Gasteiger partial charge >= 0.3 is 0 Å². The lowest BCUT2D eigenvalue weighted by Crippen LogP contribution is -1.93. The van der Waals surface area contributed by atoms with Gasteiger partial charge in [0.15, 0.2) is 0 Å². The topological polar surface area (TPSA) is 22.1 Å². The smallest absolute Gasteiger partial charge is 0.115 e. The van der Waals surface area contributed by atoms with Crippen molar-refractivity contribution in [3.8, 4) is 0 Å². The summed E-state index contributed by atoms with van der Waals surface area (Å²) in [6.07, 6.45) is 0. The average Bonchev–Trinajstić information content (AvgIpc) is 2.49. The third-order valence-electron chi connectivity index (χ3n) is 2.80. The van der Waals surface area contributed by atoms with Crippen LogP contribution < -0.4 is 0 Å². The van der Waals surface area contributed by atoms with Gasteiger partial charge in [0.2, 0.25) is 0 Å². The number of nitrogens with zero attached hydrogens (tertiary/aromatic N) is 1. The van der Waals surface area contributed by atoms with Crippen molar-refractivity contribution in [2.75, 3.05) is 0 Å². The summed E-state index contributed by atoms with van der Waals surface area (Å²) in [5.41, 5.74) is 3.48. The highest BCUT2D eigenvalue weighted by Gasteiger charge is 2.11. The van der Waals surface area contributed by atoms with Crippen LogP contribution in [0.25, 0.3) is 10.9 Å².